The minimum atomic E-state index is -0.000897. The minimum absolute atomic E-state index is 0.000897. The molecule has 0 saturated heterocycles. The molecule has 2 aromatic carbocycles. The SMILES string of the molecule is O=C(/C=C/c1cccc(Br)c1)c1ccc(-n2cccc2)cc1. The van der Waals surface area contributed by atoms with Gasteiger partial charge in [0.2, 0.25) is 0 Å². The molecule has 0 aliphatic rings. The molecular weight excluding hydrogens is 338 g/mol. The molecule has 1 aromatic heterocycles. The Kier molecular flexibility index (Phi) is 4.35. The molecule has 2 nitrogen and oxygen atoms in total. The molecule has 108 valence electrons. The summed E-state index contributed by atoms with van der Waals surface area (Å²) in [7, 11) is 0. The van der Waals surface area contributed by atoms with Crippen LogP contribution in [0.4, 0.5) is 0 Å². The van der Waals surface area contributed by atoms with Crippen molar-refractivity contribution in [2.45, 2.75) is 0 Å². The number of aromatic nitrogens is 1. The third-order valence-electron chi connectivity index (χ3n) is 3.33. The zero-order chi connectivity index (χ0) is 15.4. The summed E-state index contributed by atoms with van der Waals surface area (Å²) < 4.78 is 3.00. The predicted molar refractivity (Wildman–Crippen MR) is 93.3 cm³/mol. The maximum atomic E-state index is 12.2. The molecule has 0 bridgehead atoms. The van der Waals surface area contributed by atoms with Gasteiger partial charge in [0.25, 0.3) is 0 Å². The first-order valence-corrected chi connectivity index (χ1v) is 7.73. The molecule has 0 spiro atoms. The number of allylic oxidation sites excluding steroid dienone is 1. The molecule has 22 heavy (non-hydrogen) atoms. The third kappa shape index (κ3) is 3.43. The number of halogens is 1. The van der Waals surface area contributed by atoms with E-state index in [0.717, 1.165) is 15.7 Å². The number of carbonyl (C=O) groups excluding carboxylic acids is 1. The fourth-order valence-corrected chi connectivity index (χ4v) is 2.60. The Morgan fingerprint density at radius 2 is 1.68 bits per heavy atom. The van der Waals surface area contributed by atoms with Crippen LogP contribution in [0.15, 0.2) is 83.6 Å². The van der Waals surface area contributed by atoms with Gasteiger partial charge < -0.3 is 4.57 Å². The minimum Gasteiger partial charge on any atom is -0.324 e. The number of nitrogens with zero attached hydrogens (tertiary/aromatic N) is 1. The van der Waals surface area contributed by atoms with E-state index in [1.54, 1.807) is 6.08 Å². The van der Waals surface area contributed by atoms with Gasteiger partial charge in [-0.05, 0) is 60.2 Å². The molecule has 3 rings (SSSR count). The molecule has 1 heterocycles. The van der Waals surface area contributed by atoms with Crippen LogP contribution in [0, 0.1) is 0 Å². The average Bonchev–Trinajstić information content (AvgIpc) is 3.07. The largest absolute Gasteiger partial charge is 0.324 e. The van der Waals surface area contributed by atoms with E-state index in [9.17, 15) is 4.79 Å². The number of carbonyl (C=O) groups is 1. The van der Waals surface area contributed by atoms with Crippen LogP contribution < -0.4 is 0 Å². The summed E-state index contributed by atoms with van der Waals surface area (Å²) in [6.45, 7) is 0. The Morgan fingerprint density at radius 3 is 2.36 bits per heavy atom. The smallest absolute Gasteiger partial charge is 0.185 e. The second-order valence-electron chi connectivity index (χ2n) is 4.89. The van der Waals surface area contributed by atoms with Crippen molar-refractivity contribution in [3.63, 3.8) is 0 Å². The second kappa shape index (κ2) is 6.58. The Morgan fingerprint density at radius 1 is 0.955 bits per heavy atom. The topological polar surface area (TPSA) is 22.0 Å². The van der Waals surface area contributed by atoms with Crippen LogP contribution in [0.5, 0.6) is 0 Å². The van der Waals surface area contributed by atoms with Crippen LogP contribution in [0.3, 0.4) is 0 Å². The predicted octanol–water partition coefficient (Wildman–Crippen LogP) is 5.14. The first-order valence-electron chi connectivity index (χ1n) is 6.94. The van der Waals surface area contributed by atoms with Gasteiger partial charge in [-0.15, -0.1) is 0 Å². The van der Waals surface area contributed by atoms with Crippen molar-refractivity contribution in [1.82, 2.24) is 4.57 Å². The van der Waals surface area contributed by atoms with E-state index in [1.165, 1.54) is 0 Å². The molecule has 0 N–H and O–H groups in total. The van der Waals surface area contributed by atoms with Gasteiger partial charge in [0.05, 0.1) is 0 Å². The lowest BCUT2D eigenvalue weighted by molar-refractivity contribution is 0.104. The van der Waals surface area contributed by atoms with Gasteiger partial charge >= 0.3 is 0 Å². The lowest BCUT2D eigenvalue weighted by atomic mass is 10.1. The summed E-state index contributed by atoms with van der Waals surface area (Å²) in [4.78, 5) is 12.2. The van der Waals surface area contributed by atoms with Gasteiger partial charge in [0.15, 0.2) is 5.78 Å². The number of hydrogen-bond acceptors (Lipinski definition) is 1. The molecular formula is C19H14BrNO. The van der Waals surface area contributed by atoms with E-state index in [4.69, 9.17) is 0 Å². The summed E-state index contributed by atoms with van der Waals surface area (Å²) in [5.41, 5.74) is 2.71. The molecule has 0 saturated carbocycles. The van der Waals surface area contributed by atoms with E-state index in [2.05, 4.69) is 15.9 Å². The summed E-state index contributed by atoms with van der Waals surface area (Å²) in [5, 5.41) is 0. The highest BCUT2D eigenvalue weighted by Gasteiger charge is 2.02. The lowest BCUT2D eigenvalue weighted by Crippen LogP contribution is -1.96. The number of benzene rings is 2. The van der Waals surface area contributed by atoms with Gasteiger partial charge in [-0.25, -0.2) is 0 Å². The highest BCUT2D eigenvalue weighted by atomic mass is 79.9. The first kappa shape index (κ1) is 14.5. The lowest BCUT2D eigenvalue weighted by Gasteiger charge is -2.03. The first-order chi connectivity index (χ1) is 10.7. The second-order valence-corrected chi connectivity index (χ2v) is 5.81. The highest BCUT2D eigenvalue weighted by Crippen LogP contribution is 2.14. The molecule has 0 radical (unpaired) electrons. The van der Waals surface area contributed by atoms with Crippen molar-refractivity contribution in [1.29, 1.82) is 0 Å². The van der Waals surface area contributed by atoms with Crippen molar-refractivity contribution < 1.29 is 4.79 Å². The van der Waals surface area contributed by atoms with E-state index in [1.807, 2.05) is 83.7 Å². The van der Waals surface area contributed by atoms with Crippen LogP contribution in [-0.2, 0) is 0 Å². The normalized spacial score (nSPS) is 11.0. The zero-order valence-corrected chi connectivity index (χ0v) is 13.4. The molecule has 0 unspecified atom stereocenters. The van der Waals surface area contributed by atoms with E-state index < -0.39 is 0 Å². The van der Waals surface area contributed by atoms with E-state index in [0.29, 0.717) is 5.56 Å². The summed E-state index contributed by atoms with van der Waals surface area (Å²) in [5.74, 6) is -0.000897. The molecule has 3 aromatic rings. The molecule has 3 heteroatoms. The van der Waals surface area contributed by atoms with Crippen LogP contribution in [0.2, 0.25) is 0 Å². The van der Waals surface area contributed by atoms with Gasteiger partial charge in [-0.2, -0.15) is 0 Å². The number of ketones is 1. The zero-order valence-electron chi connectivity index (χ0n) is 11.8. The Hall–Kier alpha value is -2.39. The fraction of sp³-hybridized carbons (Fsp3) is 0. The van der Waals surface area contributed by atoms with E-state index in [-0.39, 0.29) is 5.78 Å². The van der Waals surface area contributed by atoms with Crippen LogP contribution in [-0.4, -0.2) is 10.4 Å². The molecule has 0 atom stereocenters. The van der Waals surface area contributed by atoms with Crippen LogP contribution in [0.1, 0.15) is 15.9 Å². The van der Waals surface area contributed by atoms with Crippen molar-refractivity contribution in [2.75, 3.05) is 0 Å². The monoisotopic (exact) mass is 351 g/mol. The molecule has 0 amide bonds. The highest BCUT2D eigenvalue weighted by molar-refractivity contribution is 9.10. The van der Waals surface area contributed by atoms with Crippen molar-refractivity contribution in [2.24, 2.45) is 0 Å². The Bertz CT molecular complexity index is 802. The van der Waals surface area contributed by atoms with Crippen molar-refractivity contribution in [3.8, 4) is 5.69 Å². The van der Waals surface area contributed by atoms with Gasteiger partial charge in [0.1, 0.15) is 0 Å². The summed E-state index contributed by atoms with van der Waals surface area (Å²) in [6, 6.07) is 19.4. The maximum absolute atomic E-state index is 12.2. The van der Waals surface area contributed by atoms with E-state index >= 15 is 0 Å². The van der Waals surface area contributed by atoms with Crippen molar-refractivity contribution >= 4 is 27.8 Å². The van der Waals surface area contributed by atoms with Crippen molar-refractivity contribution in [3.05, 3.63) is 94.7 Å². The van der Waals surface area contributed by atoms with Gasteiger partial charge in [0, 0.05) is 28.1 Å². The summed E-state index contributed by atoms with van der Waals surface area (Å²) >= 11 is 3.42. The van der Waals surface area contributed by atoms with Crippen LogP contribution in [0.25, 0.3) is 11.8 Å². The Balaban J connectivity index is 1.75. The maximum Gasteiger partial charge on any atom is 0.185 e. The van der Waals surface area contributed by atoms with Crippen LogP contribution >= 0.6 is 15.9 Å². The number of hydrogen-bond donors (Lipinski definition) is 0. The third-order valence-corrected chi connectivity index (χ3v) is 3.82. The number of rotatable bonds is 4. The standard InChI is InChI=1S/C19H14BrNO/c20-17-5-3-4-15(14-17)6-11-19(22)16-7-9-18(10-8-16)21-12-1-2-13-21/h1-14H/b11-6+. The average molecular weight is 352 g/mol. The Labute approximate surface area is 137 Å². The molecule has 0 aliphatic heterocycles. The van der Waals surface area contributed by atoms with Gasteiger partial charge in [-0.3, -0.25) is 4.79 Å². The quantitative estimate of drug-likeness (QED) is 0.471. The fourth-order valence-electron chi connectivity index (χ4n) is 2.18. The molecule has 0 aliphatic carbocycles. The molecule has 0 fully saturated rings. The summed E-state index contributed by atoms with van der Waals surface area (Å²) in [6.07, 6.45) is 7.38. The van der Waals surface area contributed by atoms with Gasteiger partial charge in [-0.1, -0.05) is 34.1 Å².